The first-order valence-corrected chi connectivity index (χ1v) is 7.49. The third-order valence-electron chi connectivity index (χ3n) is 4.15. The van der Waals surface area contributed by atoms with Crippen molar-refractivity contribution in [2.75, 3.05) is 0 Å². The van der Waals surface area contributed by atoms with Crippen molar-refractivity contribution < 1.29 is 0 Å². The zero-order valence-corrected chi connectivity index (χ0v) is 12.3. The maximum absolute atomic E-state index is 4.07. The standard InChI is InChI=1S/C21H20/c1-3-5-10-16(4-2)21-19-13-8-6-11-17(19)15-18-12-7-9-14-20(18)21/h3-4,6-9,11-16H,1-2,5,10H2. The van der Waals surface area contributed by atoms with E-state index in [1.54, 1.807) is 0 Å². The second-order valence-electron chi connectivity index (χ2n) is 5.44. The van der Waals surface area contributed by atoms with E-state index in [0.29, 0.717) is 5.92 Å². The van der Waals surface area contributed by atoms with Crippen molar-refractivity contribution in [1.29, 1.82) is 0 Å². The highest BCUT2D eigenvalue weighted by Gasteiger charge is 2.14. The lowest BCUT2D eigenvalue weighted by molar-refractivity contribution is 0.763. The molecule has 0 heteroatoms. The molecule has 0 aromatic heterocycles. The van der Waals surface area contributed by atoms with Gasteiger partial charge in [-0.15, -0.1) is 13.2 Å². The van der Waals surface area contributed by atoms with Gasteiger partial charge in [0.1, 0.15) is 0 Å². The third-order valence-corrected chi connectivity index (χ3v) is 4.15. The highest BCUT2D eigenvalue weighted by Crippen LogP contribution is 2.36. The molecule has 0 aliphatic rings. The Kier molecular flexibility index (Phi) is 3.87. The van der Waals surface area contributed by atoms with Crippen molar-refractivity contribution in [2.45, 2.75) is 18.8 Å². The van der Waals surface area contributed by atoms with E-state index in [4.69, 9.17) is 0 Å². The van der Waals surface area contributed by atoms with Gasteiger partial charge in [-0.25, -0.2) is 0 Å². The molecule has 0 fully saturated rings. The average molecular weight is 272 g/mol. The van der Waals surface area contributed by atoms with Crippen LogP contribution in [0.3, 0.4) is 0 Å². The van der Waals surface area contributed by atoms with Gasteiger partial charge in [-0.3, -0.25) is 0 Å². The summed E-state index contributed by atoms with van der Waals surface area (Å²) in [5.41, 5.74) is 1.40. The molecule has 0 N–H and O–H groups in total. The summed E-state index contributed by atoms with van der Waals surface area (Å²) in [6.45, 7) is 7.92. The molecule has 0 aliphatic heterocycles. The normalized spacial score (nSPS) is 12.4. The third kappa shape index (κ3) is 2.50. The monoisotopic (exact) mass is 272 g/mol. The number of fused-ring (bicyclic) bond motifs is 2. The predicted octanol–water partition coefficient (Wildman–Crippen LogP) is 6.23. The van der Waals surface area contributed by atoms with Crippen molar-refractivity contribution in [1.82, 2.24) is 0 Å². The number of hydrogen-bond donors (Lipinski definition) is 0. The quantitative estimate of drug-likeness (QED) is 0.381. The highest BCUT2D eigenvalue weighted by atomic mass is 14.2. The Labute approximate surface area is 126 Å². The zero-order chi connectivity index (χ0) is 14.7. The molecular formula is C21H20. The van der Waals surface area contributed by atoms with E-state index < -0.39 is 0 Å². The van der Waals surface area contributed by atoms with Crippen LogP contribution in [0, 0.1) is 0 Å². The molecule has 0 aliphatic carbocycles. The Balaban J connectivity index is 2.33. The van der Waals surface area contributed by atoms with Gasteiger partial charge in [-0.1, -0.05) is 60.7 Å². The lowest BCUT2D eigenvalue weighted by Crippen LogP contribution is -1.98. The minimum atomic E-state index is 0.360. The Morgan fingerprint density at radius 3 is 1.95 bits per heavy atom. The van der Waals surface area contributed by atoms with Crippen LogP contribution in [0.4, 0.5) is 0 Å². The number of rotatable bonds is 5. The van der Waals surface area contributed by atoms with Crippen LogP contribution < -0.4 is 0 Å². The summed E-state index contributed by atoms with van der Waals surface area (Å²) in [4.78, 5) is 0. The average Bonchev–Trinajstić information content (AvgIpc) is 2.54. The van der Waals surface area contributed by atoms with E-state index in [-0.39, 0.29) is 0 Å². The highest BCUT2D eigenvalue weighted by molar-refractivity contribution is 6.02. The molecule has 3 rings (SSSR count). The lowest BCUT2D eigenvalue weighted by atomic mass is 9.86. The van der Waals surface area contributed by atoms with Gasteiger partial charge in [0, 0.05) is 5.92 Å². The summed E-state index contributed by atoms with van der Waals surface area (Å²) in [5, 5.41) is 5.28. The van der Waals surface area contributed by atoms with Crippen LogP contribution in [0.2, 0.25) is 0 Å². The molecule has 1 unspecified atom stereocenters. The van der Waals surface area contributed by atoms with Crippen LogP contribution >= 0.6 is 0 Å². The van der Waals surface area contributed by atoms with Crippen LogP contribution in [0.5, 0.6) is 0 Å². The summed E-state index contributed by atoms with van der Waals surface area (Å²) < 4.78 is 0. The maximum atomic E-state index is 4.07. The van der Waals surface area contributed by atoms with Gasteiger partial charge >= 0.3 is 0 Å². The lowest BCUT2D eigenvalue weighted by Gasteiger charge is -2.18. The minimum Gasteiger partial charge on any atom is -0.103 e. The molecule has 0 saturated carbocycles. The molecule has 104 valence electrons. The van der Waals surface area contributed by atoms with E-state index in [1.165, 1.54) is 27.1 Å². The van der Waals surface area contributed by atoms with E-state index in [1.807, 2.05) is 6.08 Å². The van der Waals surface area contributed by atoms with Crippen LogP contribution in [-0.4, -0.2) is 0 Å². The molecule has 1 atom stereocenters. The van der Waals surface area contributed by atoms with Crippen molar-refractivity contribution in [3.63, 3.8) is 0 Å². The summed E-state index contributed by atoms with van der Waals surface area (Å²) in [7, 11) is 0. The molecule has 0 radical (unpaired) electrons. The van der Waals surface area contributed by atoms with Crippen molar-refractivity contribution >= 4 is 21.5 Å². The molecule has 21 heavy (non-hydrogen) atoms. The Morgan fingerprint density at radius 1 is 0.857 bits per heavy atom. The SMILES string of the molecule is C=CCCC(C=C)c1c2ccccc2cc2ccccc12. The van der Waals surface area contributed by atoms with Crippen molar-refractivity contribution in [3.8, 4) is 0 Å². The largest absolute Gasteiger partial charge is 0.103 e. The van der Waals surface area contributed by atoms with E-state index in [9.17, 15) is 0 Å². The van der Waals surface area contributed by atoms with E-state index in [2.05, 4.69) is 73.8 Å². The minimum absolute atomic E-state index is 0.360. The maximum Gasteiger partial charge on any atom is 0.00305 e. The molecule has 0 amide bonds. The summed E-state index contributed by atoms with van der Waals surface area (Å²) >= 11 is 0. The van der Waals surface area contributed by atoms with Gasteiger partial charge < -0.3 is 0 Å². The van der Waals surface area contributed by atoms with Gasteiger partial charge in [0.05, 0.1) is 0 Å². The predicted molar refractivity (Wildman–Crippen MR) is 93.8 cm³/mol. The first-order valence-electron chi connectivity index (χ1n) is 7.49. The second-order valence-corrected chi connectivity index (χ2v) is 5.44. The number of benzene rings is 3. The topological polar surface area (TPSA) is 0 Å². The van der Waals surface area contributed by atoms with Gasteiger partial charge in [-0.05, 0) is 46.0 Å². The fraction of sp³-hybridized carbons (Fsp3) is 0.143. The molecule has 3 aromatic rings. The summed E-state index contributed by atoms with van der Waals surface area (Å²) in [6, 6.07) is 19.6. The zero-order valence-electron chi connectivity index (χ0n) is 12.3. The van der Waals surface area contributed by atoms with Gasteiger partial charge in [0.15, 0.2) is 0 Å². The Morgan fingerprint density at radius 2 is 1.43 bits per heavy atom. The Bertz CT molecular complexity index is 741. The van der Waals surface area contributed by atoms with E-state index >= 15 is 0 Å². The fourth-order valence-electron chi connectivity index (χ4n) is 3.13. The summed E-state index contributed by atoms with van der Waals surface area (Å²) in [6.07, 6.45) is 6.14. The molecule has 0 heterocycles. The smallest absolute Gasteiger partial charge is 0.00305 e. The molecular weight excluding hydrogens is 252 g/mol. The molecule has 0 nitrogen and oxygen atoms in total. The van der Waals surface area contributed by atoms with Crippen molar-refractivity contribution in [2.24, 2.45) is 0 Å². The van der Waals surface area contributed by atoms with Gasteiger partial charge in [0.2, 0.25) is 0 Å². The van der Waals surface area contributed by atoms with Crippen LogP contribution in [-0.2, 0) is 0 Å². The number of allylic oxidation sites excluding steroid dienone is 2. The van der Waals surface area contributed by atoms with Gasteiger partial charge in [-0.2, -0.15) is 0 Å². The Hall–Kier alpha value is -2.34. The molecule has 0 bridgehead atoms. The molecule has 3 aromatic carbocycles. The van der Waals surface area contributed by atoms with E-state index in [0.717, 1.165) is 12.8 Å². The van der Waals surface area contributed by atoms with Crippen LogP contribution in [0.25, 0.3) is 21.5 Å². The molecule has 0 saturated heterocycles. The first-order chi connectivity index (χ1) is 10.3. The van der Waals surface area contributed by atoms with Crippen LogP contribution in [0.1, 0.15) is 24.3 Å². The van der Waals surface area contributed by atoms with Gasteiger partial charge in [0.25, 0.3) is 0 Å². The summed E-state index contributed by atoms with van der Waals surface area (Å²) in [5.74, 6) is 0.360. The first kappa shape index (κ1) is 13.6. The second kappa shape index (κ2) is 5.97. The number of hydrogen-bond acceptors (Lipinski definition) is 0. The molecule has 0 spiro atoms. The fourth-order valence-corrected chi connectivity index (χ4v) is 3.13. The van der Waals surface area contributed by atoms with Crippen LogP contribution in [0.15, 0.2) is 79.9 Å². The van der Waals surface area contributed by atoms with Crippen molar-refractivity contribution in [3.05, 3.63) is 85.5 Å².